The van der Waals surface area contributed by atoms with Crippen LogP contribution in [0.5, 0.6) is 0 Å². The van der Waals surface area contributed by atoms with Crippen LogP contribution in [0.25, 0.3) is 5.76 Å². The maximum absolute atomic E-state index is 12.7. The van der Waals surface area contributed by atoms with Gasteiger partial charge in [-0.1, -0.05) is 42.5 Å². The minimum atomic E-state index is -0.833. The second-order valence-corrected chi connectivity index (χ2v) is 8.07. The van der Waals surface area contributed by atoms with Crippen LogP contribution in [0, 0.1) is 10.1 Å². The molecule has 1 fully saturated rings. The molecular formula is C19H18N2O6S2. The lowest BCUT2D eigenvalue weighted by molar-refractivity contribution is -0.385. The third-order valence-corrected chi connectivity index (χ3v) is 5.92. The van der Waals surface area contributed by atoms with E-state index in [9.17, 15) is 19.7 Å². The standard InChI is InChI=1S/C19H18N2O6S2/c22-16(23)8-2-1-5-11-20-18(24)17(29-19(20)28)15-10-9-14(27-15)12-6-3-4-7-13(12)21(25)26/h3-4,6-7,9H,1-2,5,8,10-11H2,(H,22,23)/b17-15+. The smallest absolute Gasteiger partial charge is 0.303 e. The summed E-state index contributed by atoms with van der Waals surface area (Å²) in [6, 6.07) is 6.28. The van der Waals surface area contributed by atoms with E-state index in [4.69, 9.17) is 22.1 Å². The quantitative estimate of drug-likeness (QED) is 0.214. The molecule has 152 valence electrons. The monoisotopic (exact) mass is 434 g/mol. The van der Waals surface area contributed by atoms with Gasteiger partial charge in [-0.3, -0.25) is 24.6 Å². The normalized spacial score (nSPS) is 18.8. The molecular weight excluding hydrogens is 416 g/mol. The molecule has 0 aliphatic carbocycles. The molecule has 10 heteroatoms. The number of ether oxygens (including phenoxy) is 1. The molecule has 0 radical (unpaired) electrons. The Kier molecular flexibility index (Phi) is 6.65. The van der Waals surface area contributed by atoms with Crippen LogP contribution in [0.1, 0.15) is 37.7 Å². The van der Waals surface area contributed by atoms with Crippen molar-refractivity contribution < 1.29 is 24.4 Å². The summed E-state index contributed by atoms with van der Waals surface area (Å²) >= 11 is 6.46. The van der Waals surface area contributed by atoms with Crippen molar-refractivity contribution >= 4 is 51.6 Å². The predicted octanol–water partition coefficient (Wildman–Crippen LogP) is 4.07. The van der Waals surface area contributed by atoms with Crippen molar-refractivity contribution in [3.05, 3.63) is 56.7 Å². The SMILES string of the molecule is O=C(O)CCCCCN1C(=O)/C(=C2/CC=C(c3ccccc3[N+](=O)[O-])O2)SC1=S. The average Bonchev–Trinajstić information content (AvgIpc) is 3.27. The van der Waals surface area contributed by atoms with Gasteiger partial charge in [0.25, 0.3) is 11.6 Å². The number of unbranched alkanes of at least 4 members (excludes halogenated alkanes) is 2. The topological polar surface area (TPSA) is 110 Å². The largest absolute Gasteiger partial charge is 0.481 e. The van der Waals surface area contributed by atoms with Gasteiger partial charge in [0.2, 0.25) is 0 Å². The minimum absolute atomic E-state index is 0.0612. The second kappa shape index (κ2) is 9.19. The highest BCUT2D eigenvalue weighted by Gasteiger charge is 2.36. The average molecular weight is 434 g/mol. The van der Waals surface area contributed by atoms with Crippen LogP contribution >= 0.6 is 24.0 Å². The number of thioether (sulfide) groups is 1. The van der Waals surface area contributed by atoms with Crippen LogP contribution in [0.2, 0.25) is 0 Å². The molecule has 0 bridgehead atoms. The fraction of sp³-hybridized carbons (Fsp3) is 0.316. The summed E-state index contributed by atoms with van der Waals surface area (Å²) in [5.74, 6) is -0.291. The summed E-state index contributed by atoms with van der Waals surface area (Å²) in [5, 5.41) is 19.9. The molecule has 0 spiro atoms. The third-order valence-electron chi connectivity index (χ3n) is 4.45. The summed E-state index contributed by atoms with van der Waals surface area (Å²) in [7, 11) is 0. The van der Waals surface area contributed by atoms with Crippen molar-refractivity contribution in [2.45, 2.75) is 32.1 Å². The highest BCUT2D eigenvalue weighted by molar-refractivity contribution is 8.26. The summed E-state index contributed by atoms with van der Waals surface area (Å²) in [6.07, 6.45) is 4.08. The van der Waals surface area contributed by atoms with E-state index in [1.807, 2.05) is 0 Å². The number of rotatable bonds is 8. The number of nitro groups is 1. The van der Waals surface area contributed by atoms with Gasteiger partial charge in [0, 0.05) is 25.5 Å². The third kappa shape index (κ3) is 4.83. The van der Waals surface area contributed by atoms with Gasteiger partial charge in [0.1, 0.15) is 20.7 Å². The lowest BCUT2D eigenvalue weighted by atomic mass is 10.1. The van der Waals surface area contributed by atoms with Crippen LogP contribution in [0.3, 0.4) is 0 Å². The fourth-order valence-electron chi connectivity index (χ4n) is 3.03. The lowest BCUT2D eigenvalue weighted by Crippen LogP contribution is -2.29. The van der Waals surface area contributed by atoms with Crippen LogP contribution < -0.4 is 0 Å². The van der Waals surface area contributed by atoms with Crippen molar-refractivity contribution in [3.8, 4) is 0 Å². The van der Waals surface area contributed by atoms with Gasteiger partial charge in [-0.05, 0) is 25.0 Å². The van der Waals surface area contributed by atoms with E-state index in [0.29, 0.717) is 58.5 Å². The van der Waals surface area contributed by atoms with E-state index in [2.05, 4.69) is 0 Å². The van der Waals surface area contributed by atoms with Gasteiger partial charge in [-0.2, -0.15) is 0 Å². The molecule has 3 rings (SSSR count). The number of carbonyl (C=O) groups is 2. The summed E-state index contributed by atoms with van der Waals surface area (Å²) in [6.45, 7) is 0.422. The number of thiocarbonyl (C=S) groups is 1. The van der Waals surface area contributed by atoms with Gasteiger partial charge in [-0.25, -0.2) is 0 Å². The molecule has 0 saturated carbocycles. The van der Waals surface area contributed by atoms with Crippen molar-refractivity contribution in [2.24, 2.45) is 0 Å². The molecule has 1 saturated heterocycles. The number of hydrogen-bond donors (Lipinski definition) is 1. The van der Waals surface area contributed by atoms with Gasteiger partial charge >= 0.3 is 5.97 Å². The zero-order valence-corrected chi connectivity index (χ0v) is 17.0. The zero-order valence-electron chi connectivity index (χ0n) is 15.3. The Hall–Kier alpha value is -2.72. The maximum atomic E-state index is 12.7. The molecule has 1 amide bonds. The number of hydrogen-bond acceptors (Lipinski definition) is 7. The van der Waals surface area contributed by atoms with Gasteiger partial charge < -0.3 is 9.84 Å². The molecule has 2 aliphatic rings. The summed E-state index contributed by atoms with van der Waals surface area (Å²) < 4.78 is 6.23. The van der Waals surface area contributed by atoms with Gasteiger partial charge in [0.05, 0.1) is 10.5 Å². The molecule has 29 heavy (non-hydrogen) atoms. The highest BCUT2D eigenvalue weighted by Crippen LogP contribution is 2.41. The maximum Gasteiger partial charge on any atom is 0.303 e. The number of para-hydroxylation sites is 1. The van der Waals surface area contributed by atoms with E-state index in [-0.39, 0.29) is 18.0 Å². The molecule has 0 atom stereocenters. The molecule has 2 heterocycles. The molecule has 1 aromatic rings. The number of nitro benzene ring substituents is 1. The van der Waals surface area contributed by atoms with Crippen LogP contribution in [-0.4, -0.2) is 37.7 Å². The van der Waals surface area contributed by atoms with Gasteiger partial charge in [-0.15, -0.1) is 0 Å². The highest BCUT2D eigenvalue weighted by atomic mass is 32.2. The van der Waals surface area contributed by atoms with Crippen molar-refractivity contribution in [1.82, 2.24) is 4.90 Å². The zero-order chi connectivity index (χ0) is 21.0. The van der Waals surface area contributed by atoms with Crippen LogP contribution in [0.4, 0.5) is 5.69 Å². The Morgan fingerprint density at radius 2 is 2.07 bits per heavy atom. The lowest BCUT2D eigenvalue weighted by Gasteiger charge is -2.14. The molecule has 8 nitrogen and oxygen atoms in total. The van der Waals surface area contributed by atoms with E-state index in [1.54, 1.807) is 24.3 Å². The Morgan fingerprint density at radius 1 is 1.31 bits per heavy atom. The number of allylic oxidation sites excluding steroid dienone is 1. The van der Waals surface area contributed by atoms with Crippen LogP contribution in [0.15, 0.2) is 41.0 Å². The van der Waals surface area contributed by atoms with E-state index < -0.39 is 10.9 Å². The van der Waals surface area contributed by atoms with Crippen LogP contribution in [-0.2, 0) is 14.3 Å². The van der Waals surface area contributed by atoms with E-state index in [1.165, 1.54) is 11.0 Å². The van der Waals surface area contributed by atoms with E-state index in [0.717, 1.165) is 11.8 Å². The number of carbonyl (C=O) groups excluding carboxylic acids is 1. The Balaban J connectivity index is 1.66. The summed E-state index contributed by atoms with van der Waals surface area (Å²) in [5.41, 5.74) is 0.301. The first-order valence-corrected chi connectivity index (χ1v) is 10.2. The Labute approximate surface area is 176 Å². The molecule has 1 aromatic carbocycles. The number of aliphatic carboxylic acids is 1. The van der Waals surface area contributed by atoms with Crippen molar-refractivity contribution in [3.63, 3.8) is 0 Å². The Bertz CT molecular complexity index is 940. The van der Waals surface area contributed by atoms with E-state index >= 15 is 0 Å². The number of amides is 1. The minimum Gasteiger partial charge on any atom is -0.481 e. The molecule has 0 unspecified atom stereocenters. The molecule has 1 N–H and O–H groups in total. The molecule has 0 aromatic heterocycles. The Morgan fingerprint density at radius 3 is 2.79 bits per heavy atom. The van der Waals surface area contributed by atoms with Gasteiger partial charge in [0.15, 0.2) is 0 Å². The van der Waals surface area contributed by atoms with Crippen molar-refractivity contribution in [1.29, 1.82) is 0 Å². The fourth-order valence-corrected chi connectivity index (χ4v) is 4.35. The number of carboxylic acids is 1. The summed E-state index contributed by atoms with van der Waals surface area (Å²) in [4.78, 5) is 35.9. The first-order chi connectivity index (χ1) is 13.9. The predicted molar refractivity (Wildman–Crippen MR) is 112 cm³/mol. The number of benzene rings is 1. The number of carboxylic acid groups (broad SMARTS) is 1. The molecule has 2 aliphatic heterocycles. The second-order valence-electron chi connectivity index (χ2n) is 6.43. The first-order valence-electron chi connectivity index (χ1n) is 8.99. The number of nitrogens with zero attached hydrogens (tertiary/aromatic N) is 2. The van der Waals surface area contributed by atoms with Crippen molar-refractivity contribution in [2.75, 3.05) is 6.54 Å². The first kappa shape index (κ1) is 21.0.